The summed E-state index contributed by atoms with van der Waals surface area (Å²) in [6.45, 7) is 1.69. The maximum Gasteiger partial charge on any atom is 0.419 e. The summed E-state index contributed by atoms with van der Waals surface area (Å²) < 4.78 is 73.3. The summed E-state index contributed by atoms with van der Waals surface area (Å²) in [5.74, 6) is -2.25. The fraction of sp³-hybridized carbons (Fsp3) is 0.737. The third-order valence-electron chi connectivity index (χ3n) is 6.41. The summed E-state index contributed by atoms with van der Waals surface area (Å²) >= 11 is 0. The van der Waals surface area contributed by atoms with Crippen molar-refractivity contribution in [2.45, 2.75) is 56.7 Å². The van der Waals surface area contributed by atoms with Crippen molar-refractivity contribution in [3.8, 4) is 0 Å². The summed E-state index contributed by atoms with van der Waals surface area (Å²) in [5.41, 5.74) is -2.56. The second kappa shape index (κ2) is 7.42. The average molecular weight is 448 g/mol. The zero-order chi connectivity index (χ0) is 22.5. The number of halogens is 5. The van der Waals surface area contributed by atoms with Crippen LogP contribution in [0.3, 0.4) is 0 Å². The molecule has 1 aliphatic heterocycles. The van der Waals surface area contributed by atoms with Gasteiger partial charge >= 0.3 is 6.18 Å². The van der Waals surface area contributed by atoms with Gasteiger partial charge < -0.3 is 15.0 Å². The van der Waals surface area contributed by atoms with Gasteiger partial charge in [-0.15, -0.1) is 0 Å². The summed E-state index contributed by atoms with van der Waals surface area (Å²) in [7, 11) is 1.05. The Labute approximate surface area is 175 Å². The number of anilines is 2. The molecule has 4 rings (SSSR count). The second-order valence-electron chi connectivity index (χ2n) is 8.92. The Bertz CT molecular complexity index is 950. The molecule has 1 saturated heterocycles. The smallest absolute Gasteiger partial charge is 0.369 e. The van der Waals surface area contributed by atoms with E-state index in [9.17, 15) is 22.0 Å². The van der Waals surface area contributed by atoms with Crippen molar-refractivity contribution in [2.24, 2.45) is 5.41 Å². The Kier molecular flexibility index (Phi) is 5.26. The van der Waals surface area contributed by atoms with Crippen LogP contribution >= 0.6 is 0 Å². The van der Waals surface area contributed by atoms with Crippen molar-refractivity contribution in [2.75, 3.05) is 37.0 Å². The van der Waals surface area contributed by atoms with E-state index in [1.807, 2.05) is 0 Å². The number of methoxy groups -OCH3 is 1. The molecule has 2 N–H and O–H groups in total. The van der Waals surface area contributed by atoms with Crippen LogP contribution < -0.4 is 10.2 Å². The molecule has 0 radical (unpaired) electrons. The first-order valence-electron chi connectivity index (χ1n) is 10.2. The highest BCUT2D eigenvalue weighted by atomic mass is 19.4. The van der Waals surface area contributed by atoms with Gasteiger partial charge in [-0.05, 0) is 18.3 Å². The van der Waals surface area contributed by atoms with E-state index in [4.69, 9.17) is 4.74 Å². The van der Waals surface area contributed by atoms with Gasteiger partial charge in [-0.1, -0.05) is 6.92 Å². The number of fused-ring (bicyclic) bond motifs is 1. The molecular weight excluding hydrogens is 423 g/mol. The topological polar surface area (TPSA) is 79.0 Å². The van der Waals surface area contributed by atoms with Crippen molar-refractivity contribution < 1.29 is 26.7 Å². The zero-order valence-electron chi connectivity index (χ0n) is 17.3. The van der Waals surface area contributed by atoms with E-state index in [-0.39, 0.29) is 38.3 Å². The average Bonchev–Trinajstić information content (AvgIpc) is 3.32. The van der Waals surface area contributed by atoms with Crippen molar-refractivity contribution >= 4 is 22.8 Å². The predicted molar refractivity (Wildman–Crippen MR) is 104 cm³/mol. The van der Waals surface area contributed by atoms with Crippen LogP contribution in [0.2, 0.25) is 0 Å². The van der Waals surface area contributed by atoms with Gasteiger partial charge in [0.25, 0.3) is 0 Å². The number of H-pyrrole nitrogens is 1. The lowest BCUT2D eigenvalue weighted by atomic mass is 9.74. The largest absolute Gasteiger partial charge is 0.419 e. The molecule has 2 atom stereocenters. The normalized spacial score (nSPS) is 28.9. The molecule has 0 amide bonds. The van der Waals surface area contributed by atoms with Crippen molar-refractivity contribution in [1.29, 1.82) is 0 Å². The highest BCUT2D eigenvalue weighted by Gasteiger charge is 2.59. The number of aromatic nitrogens is 4. The van der Waals surface area contributed by atoms with Crippen molar-refractivity contribution in [3.05, 3.63) is 6.20 Å². The minimum atomic E-state index is -4.53. The van der Waals surface area contributed by atoms with Crippen LogP contribution in [0.4, 0.5) is 33.7 Å². The lowest BCUT2D eigenvalue weighted by Gasteiger charge is -2.38. The number of ether oxygens (including phenoxy) is 1. The molecular formula is C19H25F5N6O. The number of nitrogens with one attached hydrogen (secondary N) is 2. The van der Waals surface area contributed by atoms with E-state index in [1.165, 1.54) is 11.1 Å². The molecule has 2 aromatic rings. The third-order valence-corrected chi connectivity index (χ3v) is 6.41. The fourth-order valence-corrected chi connectivity index (χ4v) is 4.59. The SMILES string of the molecule is COC1(C(F)(F)F)CCN(c2nc(NCC3(C)CCCC(F)(F)C3)c3cn[nH]c3n2)C1. The first-order chi connectivity index (χ1) is 14.5. The van der Waals surface area contributed by atoms with Crippen molar-refractivity contribution in [1.82, 2.24) is 20.2 Å². The molecule has 172 valence electrons. The lowest BCUT2D eigenvalue weighted by Crippen LogP contribution is -2.49. The fourth-order valence-electron chi connectivity index (χ4n) is 4.59. The van der Waals surface area contributed by atoms with Gasteiger partial charge in [0.2, 0.25) is 11.9 Å². The highest BCUT2D eigenvalue weighted by Crippen LogP contribution is 2.45. The van der Waals surface area contributed by atoms with Crippen LogP contribution in [0, 0.1) is 5.41 Å². The van der Waals surface area contributed by atoms with Crippen LogP contribution in [0.25, 0.3) is 11.0 Å². The Hall–Kier alpha value is -2.24. The molecule has 0 aromatic carbocycles. The molecule has 31 heavy (non-hydrogen) atoms. The van der Waals surface area contributed by atoms with Crippen LogP contribution in [-0.4, -0.2) is 64.6 Å². The van der Waals surface area contributed by atoms with Crippen molar-refractivity contribution in [3.63, 3.8) is 0 Å². The Morgan fingerprint density at radius 2 is 2.00 bits per heavy atom. The van der Waals surface area contributed by atoms with E-state index in [0.717, 1.165) is 7.11 Å². The standard InChI is InChI=1S/C19H25F5N6O/c1-16(4-3-5-18(20,21)9-16)10-25-13-12-8-26-29-14(12)28-15(27-13)30-7-6-17(11-30,31-2)19(22,23)24/h8H,3-7,9-11H2,1-2H3,(H2,25,26,27,28,29). The van der Waals surface area contributed by atoms with Crippen LogP contribution in [-0.2, 0) is 4.74 Å². The van der Waals surface area contributed by atoms with Gasteiger partial charge in [-0.3, -0.25) is 5.10 Å². The maximum absolute atomic E-state index is 13.9. The van der Waals surface area contributed by atoms with Gasteiger partial charge in [0.05, 0.1) is 18.1 Å². The minimum absolute atomic E-state index is 0.0658. The Morgan fingerprint density at radius 1 is 1.23 bits per heavy atom. The number of rotatable bonds is 5. The second-order valence-corrected chi connectivity index (χ2v) is 8.92. The summed E-state index contributed by atoms with van der Waals surface area (Å²) in [4.78, 5) is 10.1. The first kappa shape index (κ1) is 22.0. The molecule has 2 aliphatic rings. The monoisotopic (exact) mass is 448 g/mol. The molecule has 1 aliphatic carbocycles. The zero-order valence-corrected chi connectivity index (χ0v) is 17.3. The molecule has 12 heteroatoms. The van der Waals surface area contributed by atoms with Gasteiger partial charge in [0.1, 0.15) is 5.82 Å². The van der Waals surface area contributed by atoms with E-state index in [0.29, 0.717) is 29.7 Å². The number of hydrogen-bond donors (Lipinski definition) is 2. The first-order valence-corrected chi connectivity index (χ1v) is 10.2. The molecule has 0 bridgehead atoms. The molecule has 3 heterocycles. The van der Waals surface area contributed by atoms with Gasteiger partial charge in [0.15, 0.2) is 11.2 Å². The van der Waals surface area contributed by atoms with E-state index in [1.54, 1.807) is 6.92 Å². The lowest BCUT2D eigenvalue weighted by molar-refractivity contribution is -0.260. The maximum atomic E-state index is 13.9. The summed E-state index contributed by atoms with van der Waals surface area (Å²) in [5, 5.41) is 10.3. The Balaban J connectivity index is 1.58. The molecule has 1 saturated carbocycles. The molecule has 2 aromatic heterocycles. The highest BCUT2D eigenvalue weighted by molar-refractivity contribution is 5.87. The Morgan fingerprint density at radius 3 is 2.65 bits per heavy atom. The minimum Gasteiger partial charge on any atom is -0.369 e. The van der Waals surface area contributed by atoms with Crippen LogP contribution in [0.15, 0.2) is 6.20 Å². The van der Waals surface area contributed by atoms with Gasteiger partial charge in [-0.2, -0.15) is 28.2 Å². The summed E-state index contributed by atoms with van der Waals surface area (Å²) in [6, 6.07) is 0. The van der Waals surface area contributed by atoms with E-state index < -0.39 is 29.7 Å². The molecule has 7 nitrogen and oxygen atoms in total. The molecule has 2 unspecified atom stereocenters. The summed E-state index contributed by atoms with van der Waals surface area (Å²) in [6.07, 6.45) is -2.53. The number of alkyl halides is 5. The third kappa shape index (κ3) is 4.13. The number of hydrogen-bond acceptors (Lipinski definition) is 6. The van der Waals surface area contributed by atoms with Gasteiger partial charge in [0, 0.05) is 39.5 Å². The van der Waals surface area contributed by atoms with E-state index in [2.05, 4.69) is 25.5 Å². The van der Waals surface area contributed by atoms with E-state index >= 15 is 0 Å². The quantitative estimate of drug-likeness (QED) is 0.670. The predicted octanol–water partition coefficient (Wildman–Crippen LogP) is 4.14. The number of aromatic amines is 1. The van der Waals surface area contributed by atoms with Crippen LogP contribution in [0.1, 0.15) is 39.0 Å². The molecule has 2 fully saturated rings. The number of nitrogens with zero attached hydrogens (tertiary/aromatic N) is 4. The molecule has 0 spiro atoms. The van der Waals surface area contributed by atoms with Gasteiger partial charge in [-0.25, -0.2) is 8.78 Å². The van der Waals surface area contributed by atoms with Crippen LogP contribution in [0.5, 0.6) is 0 Å².